The second-order valence-electron chi connectivity index (χ2n) is 8.35. The third kappa shape index (κ3) is 11.0. The summed E-state index contributed by atoms with van der Waals surface area (Å²) in [5, 5.41) is 30.0. The molecule has 0 amide bonds. The summed E-state index contributed by atoms with van der Waals surface area (Å²) in [7, 11) is 0. The van der Waals surface area contributed by atoms with E-state index in [9.17, 15) is 20.1 Å². The number of carbonyl (C=O) groups is 1. The molecule has 5 atom stereocenters. The predicted molar refractivity (Wildman–Crippen MR) is 115 cm³/mol. The first-order chi connectivity index (χ1) is 14.5. The lowest BCUT2D eigenvalue weighted by atomic mass is 9.99. The molecular weight excluding hydrogens is 388 g/mol. The molecule has 1 aliphatic heterocycles. The molecule has 30 heavy (non-hydrogen) atoms. The Morgan fingerprint density at radius 2 is 1.33 bits per heavy atom. The molecule has 1 fully saturated rings. The maximum Gasteiger partial charge on any atom is 0.305 e. The van der Waals surface area contributed by atoms with Gasteiger partial charge in [-0.1, -0.05) is 78.1 Å². The zero-order valence-electron chi connectivity index (χ0n) is 19.0. The summed E-state index contributed by atoms with van der Waals surface area (Å²) in [6.45, 7) is 4.33. The fourth-order valence-electron chi connectivity index (χ4n) is 3.61. The van der Waals surface area contributed by atoms with E-state index >= 15 is 0 Å². The summed E-state index contributed by atoms with van der Waals surface area (Å²) in [6, 6.07) is 0. The molecule has 3 N–H and O–H groups in total. The van der Waals surface area contributed by atoms with Crippen molar-refractivity contribution >= 4 is 5.97 Å². The van der Waals surface area contributed by atoms with Crippen molar-refractivity contribution in [1.29, 1.82) is 0 Å². The average molecular weight is 433 g/mol. The highest BCUT2D eigenvalue weighted by atomic mass is 16.7. The minimum Gasteiger partial charge on any atom is -0.463 e. The van der Waals surface area contributed by atoms with Crippen molar-refractivity contribution in [3.8, 4) is 0 Å². The second-order valence-corrected chi connectivity index (χ2v) is 8.35. The van der Waals surface area contributed by atoms with Crippen LogP contribution >= 0.6 is 0 Å². The maximum atomic E-state index is 11.9. The molecule has 0 spiro atoms. The molecule has 1 heterocycles. The van der Waals surface area contributed by atoms with Crippen molar-refractivity contribution in [2.45, 2.75) is 128 Å². The predicted octanol–water partition coefficient (Wildman–Crippen LogP) is 3.46. The van der Waals surface area contributed by atoms with Crippen LogP contribution in [-0.2, 0) is 19.0 Å². The molecule has 0 aromatic heterocycles. The monoisotopic (exact) mass is 432 g/mol. The van der Waals surface area contributed by atoms with Gasteiger partial charge in [-0.05, 0) is 12.8 Å². The van der Waals surface area contributed by atoms with Gasteiger partial charge in [-0.2, -0.15) is 0 Å². The zero-order chi connectivity index (χ0) is 22.2. The largest absolute Gasteiger partial charge is 0.463 e. The second kappa shape index (κ2) is 16.9. The van der Waals surface area contributed by atoms with Crippen LogP contribution in [0.2, 0.25) is 0 Å². The van der Waals surface area contributed by atoms with Crippen LogP contribution < -0.4 is 0 Å². The number of aliphatic hydroxyl groups is 3. The van der Waals surface area contributed by atoms with Gasteiger partial charge in [0.15, 0.2) is 6.29 Å². The Labute approximate surface area is 182 Å². The molecule has 0 radical (unpaired) electrons. The Bertz CT molecular complexity index is 432. The molecular formula is C23H44O7. The van der Waals surface area contributed by atoms with Crippen molar-refractivity contribution in [3.63, 3.8) is 0 Å². The highest BCUT2D eigenvalue weighted by Gasteiger charge is 2.44. The van der Waals surface area contributed by atoms with Gasteiger partial charge in [0.25, 0.3) is 0 Å². The number of esters is 1. The summed E-state index contributed by atoms with van der Waals surface area (Å²) in [5.74, 6) is -0.339. The van der Waals surface area contributed by atoms with Gasteiger partial charge in [0, 0.05) is 13.0 Å². The van der Waals surface area contributed by atoms with Crippen molar-refractivity contribution in [2.24, 2.45) is 0 Å². The highest BCUT2D eigenvalue weighted by molar-refractivity contribution is 5.69. The van der Waals surface area contributed by atoms with Crippen LogP contribution in [0.25, 0.3) is 0 Å². The minimum atomic E-state index is -1.41. The van der Waals surface area contributed by atoms with E-state index in [1.54, 1.807) is 0 Å². The number of hydrogen-bond donors (Lipinski definition) is 3. The third-order valence-corrected chi connectivity index (χ3v) is 5.55. The average Bonchev–Trinajstić information content (AvgIpc) is 2.74. The van der Waals surface area contributed by atoms with Gasteiger partial charge in [0.2, 0.25) is 0 Å². The van der Waals surface area contributed by atoms with Crippen molar-refractivity contribution < 1.29 is 34.3 Å². The van der Waals surface area contributed by atoms with E-state index < -0.39 is 30.7 Å². The molecule has 0 aromatic rings. The summed E-state index contributed by atoms with van der Waals surface area (Å²) >= 11 is 0. The van der Waals surface area contributed by atoms with E-state index in [1.165, 1.54) is 51.4 Å². The first-order valence-electron chi connectivity index (χ1n) is 12.0. The molecule has 1 saturated heterocycles. The Morgan fingerprint density at radius 3 is 1.90 bits per heavy atom. The molecule has 0 aliphatic carbocycles. The van der Waals surface area contributed by atoms with E-state index in [4.69, 9.17) is 14.2 Å². The smallest absolute Gasteiger partial charge is 0.305 e. The van der Waals surface area contributed by atoms with Gasteiger partial charge in [0.1, 0.15) is 31.0 Å². The first-order valence-corrected chi connectivity index (χ1v) is 12.0. The quantitative estimate of drug-likeness (QED) is 0.239. The van der Waals surface area contributed by atoms with Crippen molar-refractivity contribution in [2.75, 3.05) is 13.2 Å². The number of aliphatic hydroxyl groups excluding tert-OH is 3. The molecule has 0 aromatic carbocycles. The fourth-order valence-corrected chi connectivity index (χ4v) is 3.61. The molecule has 1 aliphatic rings. The van der Waals surface area contributed by atoms with Crippen LogP contribution in [-0.4, -0.2) is 65.2 Å². The molecule has 178 valence electrons. The molecule has 1 unspecified atom stereocenters. The van der Waals surface area contributed by atoms with E-state index in [0.717, 1.165) is 25.7 Å². The van der Waals surface area contributed by atoms with Crippen molar-refractivity contribution in [3.05, 3.63) is 0 Å². The summed E-state index contributed by atoms with van der Waals surface area (Å²) in [5.41, 5.74) is 0. The first kappa shape index (κ1) is 27.3. The number of carbonyl (C=O) groups excluding carboxylic acids is 1. The Morgan fingerprint density at radius 1 is 0.767 bits per heavy atom. The van der Waals surface area contributed by atoms with Crippen molar-refractivity contribution in [1.82, 2.24) is 0 Å². The lowest BCUT2D eigenvalue weighted by Crippen LogP contribution is -2.59. The summed E-state index contributed by atoms with van der Waals surface area (Å²) < 4.78 is 16.1. The van der Waals surface area contributed by atoms with Gasteiger partial charge in [-0.25, -0.2) is 0 Å². The van der Waals surface area contributed by atoms with Crippen LogP contribution in [0.5, 0.6) is 0 Å². The molecule has 7 nitrogen and oxygen atoms in total. The van der Waals surface area contributed by atoms with E-state index in [2.05, 4.69) is 6.92 Å². The van der Waals surface area contributed by atoms with Gasteiger partial charge in [-0.3, -0.25) is 4.79 Å². The number of ether oxygens (including phenoxy) is 3. The third-order valence-electron chi connectivity index (χ3n) is 5.55. The highest BCUT2D eigenvalue weighted by Crippen LogP contribution is 2.23. The zero-order valence-corrected chi connectivity index (χ0v) is 19.0. The van der Waals surface area contributed by atoms with Gasteiger partial charge in [-0.15, -0.1) is 0 Å². The Kier molecular flexibility index (Phi) is 15.4. The molecule has 1 rings (SSSR count). The Balaban J connectivity index is 2.10. The van der Waals surface area contributed by atoms with Crippen LogP contribution in [0.15, 0.2) is 0 Å². The summed E-state index contributed by atoms with van der Waals surface area (Å²) in [6.07, 6.45) is 8.38. The van der Waals surface area contributed by atoms with Crippen LogP contribution in [0, 0.1) is 0 Å². The van der Waals surface area contributed by atoms with Crippen LogP contribution in [0.4, 0.5) is 0 Å². The minimum absolute atomic E-state index is 0.173. The van der Waals surface area contributed by atoms with E-state index in [0.29, 0.717) is 13.0 Å². The van der Waals surface area contributed by atoms with Crippen LogP contribution in [0.1, 0.15) is 97.3 Å². The standard InChI is InChI=1S/C23H44O7/c1-3-5-6-7-8-9-10-11-12-13-14-15-19(24)29-17-18-20(25)21(26)22(27)23(30-18)28-16-4-2/h18,20-23,25-27H,3-17H2,1-2H3/t18-,20-,21+,22-,23?/m1/s1. The maximum absolute atomic E-state index is 11.9. The number of unbranched alkanes of at least 4 members (excludes halogenated alkanes) is 10. The number of hydrogen-bond acceptors (Lipinski definition) is 7. The molecule has 0 saturated carbocycles. The number of rotatable bonds is 17. The topological polar surface area (TPSA) is 105 Å². The van der Waals surface area contributed by atoms with Crippen LogP contribution in [0.3, 0.4) is 0 Å². The molecule has 0 bridgehead atoms. The van der Waals surface area contributed by atoms with Gasteiger partial charge in [0.05, 0.1) is 0 Å². The lowest BCUT2D eigenvalue weighted by Gasteiger charge is -2.39. The van der Waals surface area contributed by atoms with Gasteiger partial charge < -0.3 is 29.5 Å². The normalized spacial score (nSPS) is 26.6. The van der Waals surface area contributed by atoms with Gasteiger partial charge >= 0.3 is 5.97 Å². The summed E-state index contributed by atoms with van der Waals surface area (Å²) in [4.78, 5) is 11.9. The fraction of sp³-hybridized carbons (Fsp3) is 0.957. The van der Waals surface area contributed by atoms with E-state index in [1.807, 2.05) is 6.92 Å². The SMILES string of the molecule is CCCCCCCCCCCCCC(=O)OC[C@H]1OC(OCCC)[C@H](O)[C@@H](O)[C@@H]1O. The Hall–Kier alpha value is -0.730. The van der Waals surface area contributed by atoms with E-state index in [-0.39, 0.29) is 12.6 Å². The molecule has 7 heteroatoms. The lowest BCUT2D eigenvalue weighted by molar-refractivity contribution is -0.301.